The van der Waals surface area contributed by atoms with Gasteiger partial charge in [0.15, 0.2) is 17.7 Å². The van der Waals surface area contributed by atoms with Crippen LogP contribution < -0.4 is 10.1 Å². The fourth-order valence-corrected chi connectivity index (χ4v) is 2.04. The number of aliphatic carboxylic acids is 1. The third-order valence-electron chi connectivity index (χ3n) is 2.73. The Morgan fingerprint density at radius 1 is 1.43 bits per heavy atom. The number of hydrogen-bond donors (Lipinski definition) is 2. The molecule has 0 radical (unpaired) electrons. The van der Waals surface area contributed by atoms with Crippen LogP contribution in [0.5, 0.6) is 5.75 Å². The molecule has 0 aliphatic heterocycles. The minimum absolute atomic E-state index is 0.0452. The van der Waals surface area contributed by atoms with Crippen molar-refractivity contribution in [3.8, 4) is 5.75 Å². The van der Waals surface area contributed by atoms with Crippen molar-refractivity contribution in [3.63, 3.8) is 0 Å². The number of carbonyl (C=O) groups is 2. The summed E-state index contributed by atoms with van der Waals surface area (Å²) < 4.78 is 18.6. The number of halogens is 1. The molecule has 0 saturated heterocycles. The Hall–Kier alpha value is -1.76. The molecule has 1 rings (SSSR count). The third kappa shape index (κ3) is 5.63. The van der Waals surface area contributed by atoms with Gasteiger partial charge in [0, 0.05) is 0 Å². The van der Waals surface area contributed by atoms with Gasteiger partial charge in [0.1, 0.15) is 6.04 Å². The van der Waals surface area contributed by atoms with E-state index in [9.17, 15) is 14.0 Å². The molecule has 1 aromatic carbocycles. The minimum Gasteiger partial charge on any atom is -0.480 e. The number of para-hydroxylation sites is 1. The lowest BCUT2D eigenvalue weighted by molar-refractivity contribution is -0.143. The molecule has 0 aliphatic rings. The molecule has 0 aliphatic carbocycles. The van der Waals surface area contributed by atoms with E-state index in [0.29, 0.717) is 12.2 Å². The molecule has 2 atom stereocenters. The first-order valence-electron chi connectivity index (χ1n) is 6.39. The van der Waals surface area contributed by atoms with Crippen LogP contribution in [0.2, 0.25) is 0 Å². The number of rotatable bonds is 8. The van der Waals surface area contributed by atoms with Gasteiger partial charge < -0.3 is 15.2 Å². The van der Waals surface area contributed by atoms with Crippen molar-refractivity contribution >= 4 is 23.6 Å². The zero-order valence-corrected chi connectivity index (χ0v) is 12.7. The number of amides is 1. The molecular formula is C14H18FNO4S. The Morgan fingerprint density at radius 2 is 2.10 bits per heavy atom. The summed E-state index contributed by atoms with van der Waals surface area (Å²) in [5.41, 5.74) is 0. The first-order valence-corrected chi connectivity index (χ1v) is 7.78. The number of hydrogen-bond acceptors (Lipinski definition) is 4. The summed E-state index contributed by atoms with van der Waals surface area (Å²) in [6, 6.07) is 4.74. The summed E-state index contributed by atoms with van der Waals surface area (Å²) in [7, 11) is 0. The molecule has 116 valence electrons. The number of benzene rings is 1. The fourth-order valence-electron chi connectivity index (χ4n) is 1.57. The summed E-state index contributed by atoms with van der Waals surface area (Å²) in [5.74, 6) is -1.70. The van der Waals surface area contributed by atoms with Gasteiger partial charge in [-0.1, -0.05) is 12.1 Å². The number of nitrogens with one attached hydrogen (secondary N) is 1. The quantitative estimate of drug-likeness (QED) is 0.766. The molecule has 5 nitrogen and oxygen atoms in total. The molecule has 0 saturated carbocycles. The summed E-state index contributed by atoms with van der Waals surface area (Å²) in [6.45, 7) is 1.44. The molecule has 1 aromatic rings. The van der Waals surface area contributed by atoms with Crippen LogP contribution in [-0.2, 0) is 9.59 Å². The van der Waals surface area contributed by atoms with Crippen molar-refractivity contribution in [2.75, 3.05) is 12.0 Å². The second-order valence-corrected chi connectivity index (χ2v) is 5.36. The number of ether oxygens (including phenoxy) is 1. The molecule has 1 unspecified atom stereocenters. The van der Waals surface area contributed by atoms with Crippen LogP contribution in [0.3, 0.4) is 0 Å². The normalized spacial score (nSPS) is 13.3. The van der Waals surface area contributed by atoms with Gasteiger partial charge in [-0.15, -0.1) is 0 Å². The number of carboxylic acids is 1. The Labute approximate surface area is 126 Å². The standard InChI is InChI=1S/C14H18FNO4S/c1-9(20-12-6-4-3-5-10(12)15)13(17)16-11(14(18)19)7-8-21-2/h3-6,9,11H,7-8H2,1-2H3,(H,16,17)(H,18,19)/t9?,11-/m1/s1. The van der Waals surface area contributed by atoms with Crippen LogP contribution in [0, 0.1) is 5.82 Å². The Kier molecular flexibility index (Phi) is 7.01. The fraction of sp³-hybridized carbons (Fsp3) is 0.429. The Bertz CT molecular complexity index is 498. The lowest BCUT2D eigenvalue weighted by atomic mass is 10.2. The van der Waals surface area contributed by atoms with Crippen LogP contribution >= 0.6 is 11.8 Å². The van der Waals surface area contributed by atoms with E-state index in [1.165, 1.54) is 36.9 Å². The molecule has 2 N–H and O–H groups in total. The first kappa shape index (κ1) is 17.3. The first-order chi connectivity index (χ1) is 9.95. The largest absolute Gasteiger partial charge is 0.480 e. The monoisotopic (exact) mass is 315 g/mol. The Balaban J connectivity index is 2.61. The SMILES string of the molecule is CSCC[C@@H](NC(=O)C(C)Oc1ccccc1F)C(=O)O. The van der Waals surface area contributed by atoms with Gasteiger partial charge in [-0.25, -0.2) is 9.18 Å². The second-order valence-electron chi connectivity index (χ2n) is 4.37. The number of carbonyl (C=O) groups excluding carboxylic acids is 1. The van der Waals surface area contributed by atoms with Crippen LogP contribution in [0.1, 0.15) is 13.3 Å². The van der Waals surface area contributed by atoms with Gasteiger partial charge in [-0.2, -0.15) is 11.8 Å². The van der Waals surface area contributed by atoms with Crippen LogP contribution in [0.15, 0.2) is 24.3 Å². The van der Waals surface area contributed by atoms with E-state index in [1.54, 1.807) is 6.07 Å². The predicted molar refractivity (Wildman–Crippen MR) is 79.1 cm³/mol. The van der Waals surface area contributed by atoms with Crippen LogP contribution in [0.25, 0.3) is 0 Å². The van der Waals surface area contributed by atoms with E-state index in [0.717, 1.165) is 0 Å². The highest BCUT2D eigenvalue weighted by Crippen LogP contribution is 2.17. The van der Waals surface area contributed by atoms with Gasteiger partial charge in [-0.05, 0) is 37.5 Å². The van der Waals surface area contributed by atoms with Crippen molar-refractivity contribution in [1.82, 2.24) is 5.32 Å². The van der Waals surface area contributed by atoms with Gasteiger partial charge in [0.05, 0.1) is 0 Å². The molecule has 21 heavy (non-hydrogen) atoms. The maximum absolute atomic E-state index is 13.4. The molecule has 0 fully saturated rings. The maximum atomic E-state index is 13.4. The van der Waals surface area contributed by atoms with Gasteiger partial charge >= 0.3 is 5.97 Å². The molecule has 0 spiro atoms. The maximum Gasteiger partial charge on any atom is 0.326 e. The van der Waals surface area contributed by atoms with E-state index in [4.69, 9.17) is 9.84 Å². The zero-order valence-electron chi connectivity index (χ0n) is 11.8. The molecule has 0 bridgehead atoms. The van der Waals surface area contributed by atoms with Crippen LogP contribution in [-0.4, -0.2) is 41.1 Å². The molecular weight excluding hydrogens is 297 g/mol. The van der Waals surface area contributed by atoms with Gasteiger partial charge in [-0.3, -0.25) is 4.79 Å². The lowest BCUT2D eigenvalue weighted by Gasteiger charge is -2.18. The topological polar surface area (TPSA) is 75.6 Å². The minimum atomic E-state index is -1.10. The zero-order chi connectivity index (χ0) is 15.8. The van der Waals surface area contributed by atoms with E-state index < -0.39 is 29.8 Å². The van der Waals surface area contributed by atoms with Crippen molar-refractivity contribution in [3.05, 3.63) is 30.1 Å². The number of thioether (sulfide) groups is 1. The van der Waals surface area contributed by atoms with Gasteiger partial charge in [0.25, 0.3) is 5.91 Å². The van der Waals surface area contributed by atoms with Crippen molar-refractivity contribution < 1.29 is 23.8 Å². The van der Waals surface area contributed by atoms with Crippen LogP contribution in [0.4, 0.5) is 4.39 Å². The van der Waals surface area contributed by atoms with Crippen molar-refractivity contribution in [2.24, 2.45) is 0 Å². The summed E-state index contributed by atoms with van der Waals surface area (Å²) in [5, 5.41) is 11.4. The summed E-state index contributed by atoms with van der Waals surface area (Å²) in [6.07, 6.45) is 1.18. The van der Waals surface area contributed by atoms with E-state index >= 15 is 0 Å². The highest BCUT2D eigenvalue weighted by atomic mass is 32.2. The lowest BCUT2D eigenvalue weighted by Crippen LogP contribution is -2.46. The van der Waals surface area contributed by atoms with Crippen molar-refractivity contribution in [2.45, 2.75) is 25.5 Å². The van der Waals surface area contributed by atoms with Gasteiger partial charge in [0.2, 0.25) is 0 Å². The molecule has 0 aromatic heterocycles. The average Bonchev–Trinajstić information content (AvgIpc) is 2.45. The average molecular weight is 315 g/mol. The molecule has 1 amide bonds. The van der Waals surface area contributed by atoms with E-state index in [2.05, 4.69) is 5.32 Å². The molecule has 0 heterocycles. The van der Waals surface area contributed by atoms with E-state index in [-0.39, 0.29) is 5.75 Å². The highest BCUT2D eigenvalue weighted by molar-refractivity contribution is 7.98. The third-order valence-corrected chi connectivity index (χ3v) is 3.38. The highest BCUT2D eigenvalue weighted by Gasteiger charge is 2.24. The molecule has 7 heteroatoms. The van der Waals surface area contributed by atoms with Crippen molar-refractivity contribution in [1.29, 1.82) is 0 Å². The smallest absolute Gasteiger partial charge is 0.326 e. The Morgan fingerprint density at radius 3 is 2.67 bits per heavy atom. The summed E-state index contributed by atoms with van der Waals surface area (Å²) in [4.78, 5) is 23.0. The summed E-state index contributed by atoms with van der Waals surface area (Å²) >= 11 is 1.49. The number of carboxylic acid groups (broad SMARTS) is 1. The second kappa shape index (κ2) is 8.51. The predicted octanol–water partition coefficient (Wildman–Crippen LogP) is 1.92. The van der Waals surface area contributed by atoms with E-state index in [1.807, 2.05) is 6.26 Å².